The van der Waals surface area contributed by atoms with Gasteiger partial charge in [0.1, 0.15) is 5.56 Å². The molecular weight excluding hydrogens is 244 g/mol. The molecule has 2 N–H and O–H groups in total. The average molecular weight is 254 g/mol. The third-order valence-electron chi connectivity index (χ3n) is 2.32. The highest BCUT2D eigenvalue weighted by Gasteiger charge is 2.23. The van der Waals surface area contributed by atoms with Crippen molar-refractivity contribution < 1.29 is 13.2 Å². The van der Waals surface area contributed by atoms with E-state index >= 15 is 0 Å². The highest BCUT2D eigenvalue weighted by Crippen LogP contribution is 2.08. The van der Waals surface area contributed by atoms with Crippen LogP contribution in [0.1, 0.15) is 10.4 Å². The van der Waals surface area contributed by atoms with Crippen LogP contribution >= 0.6 is 0 Å². The minimum Gasteiger partial charge on any atom is -0.367 e. The minimum absolute atomic E-state index is 0.0369. The molecule has 1 aliphatic heterocycles. The molecular formula is C10H10N2O4S. The fourth-order valence-electron chi connectivity index (χ4n) is 1.51. The molecule has 7 heteroatoms. The molecule has 1 aromatic heterocycles. The van der Waals surface area contributed by atoms with Gasteiger partial charge in [0.2, 0.25) is 0 Å². The largest absolute Gasteiger partial charge is 0.367 e. The molecule has 0 aromatic carbocycles. The van der Waals surface area contributed by atoms with Crippen LogP contribution in [0.5, 0.6) is 0 Å². The molecule has 0 fully saturated rings. The van der Waals surface area contributed by atoms with Crippen molar-refractivity contribution >= 4 is 15.7 Å². The van der Waals surface area contributed by atoms with Crippen LogP contribution in [-0.4, -0.2) is 31.1 Å². The van der Waals surface area contributed by atoms with Gasteiger partial charge in [0, 0.05) is 23.9 Å². The summed E-state index contributed by atoms with van der Waals surface area (Å²) >= 11 is 0. The van der Waals surface area contributed by atoms with E-state index in [0.717, 1.165) is 5.41 Å². The maximum atomic E-state index is 11.7. The van der Waals surface area contributed by atoms with Crippen molar-refractivity contribution in [2.45, 2.75) is 6.04 Å². The van der Waals surface area contributed by atoms with Crippen LogP contribution in [0.25, 0.3) is 0 Å². The number of hydrogen-bond acceptors (Lipinski definition) is 4. The molecule has 6 nitrogen and oxygen atoms in total. The molecule has 0 aliphatic carbocycles. The molecule has 0 saturated heterocycles. The maximum absolute atomic E-state index is 11.7. The lowest BCUT2D eigenvalue weighted by Crippen LogP contribution is -2.37. The quantitative estimate of drug-likeness (QED) is 0.737. The first-order chi connectivity index (χ1) is 7.98. The van der Waals surface area contributed by atoms with E-state index in [-0.39, 0.29) is 11.3 Å². The zero-order chi connectivity index (χ0) is 12.5. The second-order valence-corrected chi connectivity index (χ2v) is 5.59. The molecule has 2 rings (SSSR count). The Bertz CT molecular complexity index is 630. The van der Waals surface area contributed by atoms with E-state index in [1.54, 1.807) is 0 Å². The molecule has 0 saturated carbocycles. The fourth-order valence-corrected chi connectivity index (χ4v) is 2.74. The summed E-state index contributed by atoms with van der Waals surface area (Å²) in [7, 11) is -3.21. The number of hydrogen-bond donors (Lipinski definition) is 2. The van der Waals surface area contributed by atoms with Gasteiger partial charge in [-0.1, -0.05) is 0 Å². The van der Waals surface area contributed by atoms with E-state index in [1.807, 2.05) is 0 Å². The normalized spacial score (nSPS) is 21.3. The highest BCUT2D eigenvalue weighted by atomic mass is 32.2. The fraction of sp³-hybridized carbons (Fsp3) is 0.200. The van der Waals surface area contributed by atoms with Gasteiger partial charge < -0.3 is 10.3 Å². The van der Waals surface area contributed by atoms with Crippen molar-refractivity contribution in [3.05, 3.63) is 45.7 Å². The van der Waals surface area contributed by atoms with E-state index < -0.39 is 27.2 Å². The van der Waals surface area contributed by atoms with Crippen molar-refractivity contribution in [1.82, 2.24) is 10.3 Å². The van der Waals surface area contributed by atoms with Gasteiger partial charge in [-0.15, -0.1) is 0 Å². The molecule has 0 radical (unpaired) electrons. The summed E-state index contributed by atoms with van der Waals surface area (Å²) in [5.74, 6) is -0.748. The topological polar surface area (TPSA) is 96.1 Å². The number of aromatic amines is 1. The first-order valence-corrected chi connectivity index (χ1v) is 6.58. The molecule has 1 aliphatic rings. The van der Waals surface area contributed by atoms with Crippen molar-refractivity contribution in [1.29, 1.82) is 0 Å². The zero-order valence-corrected chi connectivity index (χ0v) is 9.53. The monoisotopic (exact) mass is 254 g/mol. The lowest BCUT2D eigenvalue weighted by atomic mass is 10.2. The smallest absolute Gasteiger partial charge is 0.257 e. The Hall–Kier alpha value is -1.89. The summed E-state index contributed by atoms with van der Waals surface area (Å²) in [4.78, 5) is 25.6. The van der Waals surface area contributed by atoms with Crippen LogP contribution in [0, 0.1) is 0 Å². The van der Waals surface area contributed by atoms with Crippen LogP contribution in [0.3, 0.4) is 0 Å². The van der Waals surface area contributed by atoms with Crippen molar-refractivity contribution in [3.63, 3.8) is 0 Å². The standard InChI is InChI=1S/C10H10N2O4S/c13-9-1-3-11-5-8(9)10(14)12-7-2-4-17(15,16)6-7/h1-5,7H,6H2,(H,11,13)(H,12,14). The van der Waals surface area contributed by atoms with Crippen LogP contribution in [0.15, 0.2) is 34.7 Å². The molecule has 1 atom stereocenters. The van der Waals surface area contributed by atoms with Gasteiger partial charge in [-0.05, 0) is 6.08 Å². The maximum Gasteiger partial charge on any atom is 0.257 e. The lowest BCUT2D eigenvalue weighted by Gasteiger charge is -2.08. The van der Waals surface area contributed by atoms with Gasteiger partial charge >= 0.3 is 0 Å². The molecule has 0 spiro atoms. The molecule has 1 amide bonds. The van der Waals surface area contributed by atoms with Gasteiger partial charge in [-0.3, -0.25) is 9.59 Å². The Morgan fingerprint density at radius 1 is 1.47 bits per heavy atom. The number of carbonyl (C=O) groups is 1. The number of aromatic nitrogens is 1. The predicted molar refractivity (Wildman–Crippen MR) is 61.2 cm³/mol. The zero-order valence-electron chi connectivity index (χ0n) is 8.71. The summed E-state index contributed by atoms with van der Waals surface area (Å²) < 4.78 is 22.2. The Balaban J connectivity index is 2.12. The SMILES string of the molecule is O=C(NC1C=CS(=O)(=O)C1)c1c[nH]ccc1=O. The number of sulfone groups is 1. The van der Waals surface area contributed by atoms with Crippen LogP contribution in [0.4, 0.5) is 0 Å². The minimum atomic E-state index is -3.21. The summed E-state index contributed by atoms with van der Waals surface area (Å²) in [6, 6.07) is 0.656. The molecule has 1 unspecified atom stereocenters. The summed E-state index contributed by atoms with van der Waals surface area (Å²) in [6.07, 6.45) is 4.09. The van der Waals surface area contributed by atoms with E-state index in [1.165, 1.54) is 24.5 Å². The van der Waals surface area contributed by atoms with Crippen molar-refractivity contribution in [2.75, 3.05) is 5.75 Å². The Labute approximate surface area is 97.3 Å². The van der Waals surface area contributed by atoms with Crippen molar-refractivity contribution in [2.24, 2.45) is 0 Å². The molecule has 17 heavy (non-hydrogen) atoms. The van der Waals surface area contributed by atoms with E-state index in [4.69, 9.17) is 0 Å². The van der Waals surface area contributed by atoms with Gasteiger partial charge in [0.15, 0.2) is 15.3 Å². The number of amides is 1. The van der Waals surface area contributed by atoms with Crippen LogP contribution in [-0.2, 0) is 9.84 Å². The second kappa shape index (κ2) is 4.17. The molecule has 90 valence electrons. The lowest BCUT2D eigenvalue weighted by molar-refractivity contribution is 0.0946. The van der Waals surface area contributed by atoms with Gasteiger partial charge in [0.05, 0.1) is 11.8 Å². The third kappa shape index (κ3) is 2.62. The van der Waals surface area contributed by atoms with Crippen LogP contribution < -0.4 is 10.7 Å². The summed E-state index contributed by atoms with van der Waals surface area (Å²) in [6.45, 7) is 0. The number of pyridine rings is 1. The molecule has 1 aromatic rings. The van der Waals surface area contributed by atoms with Crippen LogP contribution in [0.2, 0.25) is 0 Å². The summed E-state index contributed by atoms with van der Waals surface area (Å²) in [5, 5.41) is 3.53. The molecule has 2 heterocycles. The number of nitrogens with one attached hydrogen (secondary N) is 2. The van der Waals surface area contributed by atoms with Gasteiger partial charge in [-0.25, -0.2) is 8.42 Å². The first kappa shape index (κ1) is 11.6. The highest BCUT2D eigenvalue weighted by molar-refractivity contribution is 7.94. The van der Waals surface area contributed by atoms with E-state index in [0.29, 0.717) is 0 Å². The average Bonchev–Trinajstić information content (AvgIpc) is 2.58. The number of H-pyrrole nitrogens is 1. The first-order valence-electron chi connectivity index (χ1n) is 4.87. The number of rotatable bonds is 2. The van der Waals surface area contributed by atoms with E-state index in [9.17, 15) is 18.0 Å². The van der Waals surface area contributed by atoms with Gasteiger partial charge in [0.25, 0.3) is 5.91 Å². The number of carbonyl (C=O) groups excluding carboxylic acids is 1. The third-order valence-corrected chi connectivity index (χ3v) is 3.71. The predicted octanol–water partition coefficient (Wildman–Crippen LogP) is -0.585. The Morgan fingerprint density at radius 2 is 2.24 bits per heavy atom. The Morgan fingerprint density at radius 3 is 2.82 bits per heavy atom. The summed E-state index contributed by atoms with van der Waals surface area (Å²) in [5.41, 5.74) is -0.448. The Kier molecular flexibility index (Phi) is 2.84. The van der Waals surface area contributed by atoms with Gasteiger partial charge in [-0.2, -0.15) is 0 Å². The van der Waals surface area contributed by atoms with E-state index in [2.05, 4.69) is 10.3 Å². The van der Waals surface area contributed by atoms with Crippen molar-refractivity contribution in [3.8, 4) is 0 Å². The molecule has 0 bridgehead atoms. The second-order valence-electron chi connectivity index (χ2n) is 3.66.